The Hall–Kier alpha value is -2.56. The van der Waals surface area contributed by atoms with E-state index < -0.39 is 0 Å². The second-order valence-electron chi connectivity index (χ2n) is 4.39. The summed E-state index contributed by atoms with van der Waals surface area (Å²) in [4.78, 5) is 11.8. The fourth-order valence-electron chi connectivity index (χ4n) is 2.17. The van der Waals surface area contributed by atoms with Gasteiger partial charge in [0.05, 0.1) is 12.1 Å². The van der Waals surface area contributed by atoms with Crippen molar-refractivity contribution in [2.45, 2.75) is 13.1 Å². The van der Waals surface area contributed by atoms with Gasteiger partial charge in [0.1, 0.15) is 5.82 Å². The normalized spacial score (nSPS) is 10.9. The topological polar surface area (TPSA) is 65.8 Å². The molecule has 2 aromatic heterocycles. The molecule has 0 spiro atoms. The van der Waals surface area contributed by atoms with Gasteiger partial charge in [-0.1, -0.05) is 12.1 Å². The Morgan fingerprint density at radius 2 is 1.89 bits per heavy atom. The van der Waals surface area contributed by atoms with Crippen LogP contribution < -0.4 is 11.2 Å². The van der Waals surface area contributed by atoms with Crippen LogP contribution in [0.1, 0.15) is 0 Å². The van der Waals surface area contributed by atoms with Crippen molar-refractivity contribution in [3.63, 3.8) is 0 Å². The summed E-state index contributed by atoms with van der Waals surface area (Å²) < 4.78 is 3.84. The molecule has 0 atom stereocenters. The van der Waals surface area contributed by atoms with E-state index >= 15 is 0 Å². The van der Waals surface area contributed by atoms with Crippen molar-refractivity contribution in [2.75, 3.05) is 5.73 Å². The van der Waals surface area contributed by atoms with Gasteiger partial charge in [-0.3, -0.25) is 9.48 Å². The maximum absolute atomic E-state index is 11.8. The van der Waals surface area contributed by atoms with Crippen LogP contribution in [0, 0.1) is 0 Å². The van der Waals surface area contributed by atoms with E-state index in [-0.39, 0.29) is 5.43 Å². The highest BCUT2D eigenvalue weighted by Crippen LogP contribution is 2.09. The van der Waals surface area contributed by atoms with Crippen molar-refractivity contribution in [1.29, 1.82) is 0 Å². The largest absolute Gasteiger partial charge is 0.382 e. The Labute approximate surface area is 109 Å². The van der Waals surface area contributed by atoms with Crippen LogP contribution in [0.4, 0.5) is 5.82 Å². The number of aromatic nitrogens is 3. The number of nitrogens with two attached hydrogens (primary N) is 1. The van der Waals surface area contributed by atoms with Gasteiger partial charge in [-0.05, 0) is 18.2 Å². The number of nitrogen functional groups attached to an aromatic ring is 1. The Morgan fingerprint density at radius 3 is 2.68 bits per heavy atom. The molecule has 0 radical (unpaired) electrons. The number of fused-ring (bicyclic) bond motifs is 1. The summed E-state index contributed by atoms with van der Waals surface area (Å²) in [5, 5.41) is 4.88. The Bertz CT molecular complexity index is 772. The van der Waals surface area contributed by atoms with Gasteiger partial charge in [0, 0.05) is 30.4 Å². The summed E-state index contributed by atoms with van der Waals surface area (Å²) >= 11 is 0. The number of pyridine rings is 1. The maximum atomic E-state index is 11.8. The SMILES string of the molecule is Nc1ccn(CCn2ccc(=O)c3ccccc32)n1. The summed E-state index contributed by atoms with van der Waals surface area (Å²) in [6, 6.07) is 11.0. The number of rotatable bonds is 3. The van der Waals surface area contributed by atoms with E-state index in [4.69, 9.17) is 5.73 Å². The van der Waals surface area contributed by atoms with Gasteiger partial charge < -0.3 is 10.3 Å². The van der Waals surface area contributed by atoms with Crippen molar-refractivity contribution in [2.24, 2.45) is 0 Å². The second kappa shape index (κ2) is 4.61. The maximum Gasteiger partial charge on any atom is 0.189 e. The molecule has 2 N–H and O–H groups in total. The molecule has 5 heteroatoms. The molecule has 0 saturated carbocycles. The van der Waals surface area contributed by atoms with Crippen LogP contribution in [-0.4, -0.2) is 14.3 Å². The number of benzene rings is 1. The van der Waals surface area contributed by atoms with Gasteiger partial charge in [0.25, 0.3) is 0 Å². The highest BCUT2D eigenvalue weighted by Gasteiger charge is 2.02. The van der Waals surface area contributed by atoms with E-state index in [1.165, 1.54) is 0 Å². The molecule has 2 heterocycles. The fraction of sp³-hybridized carbons (Fsp3) is 0.143. The second-order valence-corrected chi connectivity index (χ2v) is 4.39. The van der Waals surface area contributed by atoms with E-state index in [9.17, 15) is 4.79 Å². The summed E-state index contributed by atoms with van der Waals surface area (Å²) in [5.74, 6) is 0.518. The molecule has 96 valence electrons. The average Bonchev–Trinajstić information content (AvgIpc) is 2.84. The zero-order chi connectivity index (χ0) is 13.2. The first-order valence-electron chi connectivity index (χ1n) is 6.11. The minimum absolute atomic E-state index is 0.0511. The van der Waals surface area contributed by atoms with Crippen LogP contribution in [-0.2, 0) is 13.1 Å². The third kappa shape index (κ3) is 2.22. The van der Waals surface area contributed by atoms with Crippen molar-refractivity contribution >= 4 is 16.7 Å². The first kappa shape index (κ1) is 11.5. The minimum Gasteiger partial charge on any atom is -0.382 e. The van der Waals surface area contributed by atoms with E-state index in [1.54, 1.807) is 16.8 Å². The average molecular weight is 254 g/mol. The number of para-hydroxylation sites is 1. The number of nitrogens with zero attached hydrogens (tertiary/aromatic N) is 3. The number of hydrogen-bond donors (Lipinski definition) is 1. The predicted octanol–water partition coefficient (Wildman–Crippen LogP) is 1.48. The molecular weight excluding hydrogens is 240 g/mol. The molecule has 3 rings (SSSR count). The van der Waals surface area contributed by atoms with E-state index in [0.29, 0.717) is 12.4 Å². The molecule has 0 amide bonds. The molecule has 0 fully saturated rings. The van der Waals surface area contributed by atoms with Crippen LogP contribution >= 0.6 is 0 Å². The smallest absolute Gasteiger partial charge is 0.189 e. The van der Waals surface area contributed by atoms with Crippen molar-refractivity contribution < 1.29 is 0 Å². The minimum atomic E-state index is 0.0511. The molecule has 0 bridgehead atoms. The van der Waals surface area contributed by atoms with Crippen molar-refractivity contribution in [3.05, 3.63) is 59.0 Å². The molecule has 0 aliphatic carbocycles. The van der Waals surface area contributed by atoms with Gasteiger partial charge in [-0.2, -0.15) is 5.10 Å². The third-order valence-corrected chi connectivity index (χ3v) is 3.12. The molecular formula is C14H14N4O. The molecule has 1 aromatic carbocycles. The first-order chi connectivity index (χ1) is 9.24. The van der Waals surface area contributed by atoms with Crippen LogP contribution in [0.2, 0.25) is 0 Å². The lowest BCUT2D eigenvalue weighted by Crippen LogP contribution is -2.12. The lowest BCUT2D eigenvalue weighted by molar-refractivity contribution is 0.542. The fourth-order valence-corrected chi connectivity index (χ4v) is 2.17. The Morgan fingerprint density at radius 1 is 1.05 bits per heavy atom. The standard InChI is InChI=1S/C14H14N4O/c15-14-6-8-18(16-14)10-9-17-7-5-13(19)11-3-1-2-4-12(11)17/h1-8H,9-10H2,(H2,15,16). The zero-order valence-electron chi connectivity index (χ0n) is 10.4. The number of hydrogen-bond acceptors (Lipinski definition) is 3. The zero-order valence-corrected chi connectivity index (χ0v) is 10.4. The lowest BCUT2D eigenvalue weighted by Gasteiger charge is -2.10. The van der Waals surface area contributed by atoms with Gasteiger partial charge in [-0.15, -0.1) is 0 Å². The summed E-state index contributed by atoms with van der Waals surface area (Å²) in [6.07, 6.45) is 3.66. The van der Waals surface area contributed by atoms with E-state index in [0.717, 1.165) is 17.4 Å². The van der Waals surface area contributed by atoms with Crippen LogP contribution in [0.5, 0.6) is 0 Å². The van der Waals surface area contributed by atoms with Crippen molar-refractivity contribution in [1.82, 2.24) is 14.3 Å². The quantitative estimate of drug-likeness (QED) is 0.770. The van der Waals surface area contributed by atoms with Gasteiger partial charge in [0.2, 0.25) is 0 Å². The predicted molar refractivity (Wildman–Crippen MR) is 74.8 cm³/mol. The van der Waals surface area contributed by atoms with Gasteiger partial charge in [-0.25, -0.2) is 0 Å². The van der Waals surface area contributed by atoms with E-state index in [1.807, 2.05) is 36.7 Å². The van der Waals surface area contributed by atoms with Crippen LogP contribution in [0.15, 0.2) is 53.6 Å². The van der Waals surface area contributed by atoms with Crippen LogP contribution in [0.3, 0.4) is 0 Å². The Kier molecular flexibility index (Phi) is 2.79. The summed E-state index contributed by atoms with van der Waals surface area (Å²) in [5.41, 5.74) is 6.57. The molecule has 0 unspecified atom stereocenters. The highest BCUT2D eigenvalue weighted by atomic mass is 16.1. The highest BCUT2D eigenvalue weighted by molar-refractivity contribution is 5.78. The molecule has 0 aliphatic heterocycles. The molecule has 5 nitrogen and oxygen atoms in total. The monoisotopic (exact) mass is 254 g/mol. The Balaban J connectivity index is 1.93. The summed E-state index contributed by atoms with van der Waals surface area (Å²) in [7, 11) is 0. The molecule has 19 heavy (non-hydrogen) atoms. The van der Waals surface area contributed by atoms with E-state index in [2.05, 4.69) is 9.67 Å². The molecule has 3 aromatic rings. The third-order valence-electron chi connectivity index (χ3n) is 3.12. The number of aryl methyl sites for hydroxylation is 2. The summed E-state index contributed by atoms with van der Waals surface area (Å²) in [6.45, 7) is 1.45. The van der Waals surface area contributed by atoms with Gasteiger partial charge >= 0.3 is 0 Å². The molecule has 0 aliphatic rings. The van der Waals surface area contributed by atoms with Crippen LogP contribution in [0.25, 0.3) is 10.9 Å². The van der Waals surface area contributed by atoms with Gasteiger partial charge in [0.15, 0.2) is 5.43 Å². The lowest BCUT2D eigenvalue weighted by atomic mass is 10.2. The number of anilines is 1. The van der Waals surface area contributed by atoms with Crippen molar-refractivity contribution in [3.8, 4) is 0 Å². The first-order valence-corrected chi connectivity index (χ1v) is 6.11. The molecule has 0 saturated heterocycles.